The van der Waals surface area contributed by atoms with Gasteiger partial charge in [-0.1, -0.05) is 6.92 Å². The summed E-state index contributed by atoms with van der Waals surface area (Å²) >= 11 is 0. The molecular weight excluding hydrogens is 210 g/mol. The number of hydrogen-bond acceptors (Lipinski definition) is 3. The summed E-state index contributed by atoms with van der Waals surface area (Å²) in [6.07, 6.45) is 0.776. The lowest BCUT2D eigenvalue weighted by molar-refractivity contribution is 0.414. The summed E-state index contributed by atoms with van der Waals surface area (Å²) in [5.41, 5.74) is 5.44. The van der Waals surface area contributed by atoms with E-state index in [0.29, 0.717) is 6.54 Å². The average molecular weight is 227 g/mol. The third kappa shape index (κ3) is 3.32. The van der Waals surface area contributed by atoms with Crippen molar-refractivity contribution in [3.63, 3.8) is 0 Å². The summed E-state index contributed by atoms with van der Waals surface area (Å²) < 4.78 is 17.0. The van der Waals surface area contributed by atoms with Crippen molar-refractivity contribution in [2.45, 2.75) is 23.5 Å². The highest BCUT2D eigenvalue weighted by molar-refractivity contribution is 7.85. The molecule has 0 aliphatic rings. The van der Waals surface area contributed by atoms with Gasteiger partial charge in [0, 0.05) is 10.1 Å². The molecule has 0 aromatic heterocycles. The van der Waals surface area contributed by atoms with E-state index >= 15 is 0 Å². The Bertz CT molecular complexity index is 324. The first-order chi connectivity index (χ1) is 7.19. The Balaban J connectivity index is 2.73. The van der Waals surface area contributed by atoms with Gasteiger partial charge >= 0.3 is 0 Å². The molecule has 0 spiro atoms. The minimum atomic E-state index is -0.974. The van der Waals surface area contributed by atoms with Crippen molar-refractivity contribution in [1.82, 2.24) is 0 Å². The zero-order valence-electron chi connectivity index (χ0n) is 9.10. The summed E-state index contributed by atoms with van der Waals surface area (Å²) in [5, 5.41) is 0.100. The van der Waals surface area contributed by atoms with E-state index in [-0.39, 0.29) is 5.25 Å². The van der Waals surface area contributed by atoms with Crippen LogP contribution in [-0.2, 0) is 10.8 Å². The summed E-state index contributed by atoms with van der Waals surface area (Å²) in [5.74, 6) is 0.780. The molecule has 1 aromatic carbocycles. The third-order valence-corrected chi connectivity index (χ3v) is 3.93. The van der Waals surface area contributed by atoms with E-state index in [1.165, 1.54) is 0 Å². The molecule has 2 N–H and O–H groups in total. The van der Waals surface area contributed by atoms with Crippen LogP contribution < -0.4 is 10.5 Å². The average Bonchev–Trinajstić information content (AvgIpc) is 2.28. The Morgan fingerprint density at radius 1 is 1.40 bits per heavy atom. The molecule has 0 aliphatic carbocycles. The van der Waals surface area contributed by atoms with Crippen LogP contribution in [0.25, 0.3) is 0 Å². The van der Waals surface area contributed by atoms with Gasteiger partial charge in [-0.25, -0.2) is 0 Å². The number of hydrogen-bond donors (Lipinski definition) is 1. The van der Waals surface area contributed by atoms with Crippen molar-refractivity contribution in [3.8, 4) is 5.75 Å². The van der Waals surface area contributed by atoms with Gasteiger partial charge in [0.1, 0.15) is 5.75 Å². The van der Waals surface area contributed by atoms with Crippen molar-refractivity contribution in [2.75, 3.05) is 13.7 Å². The standard InChI is InChI=1S/C11H17NO2S/c1-9(7-8-12)15(13)11-5-3-10(14-2)4-6-11/h3-6,9H,7-8,12H2,1-2H3. The highest BCUT2D eigenvalue weighted by Crippen LogP contribution is 2.17. The van der Waals surface area contributed by atoms with Crippen LogP contribution in [0.2, 0.25) is 0 Å². The van der Waals surface area contributed by atoms with Crippen molar-refractivity contribution < 1.29 is 8.95 Å². The zero-order valence-corrected chi connectivity index (χ0v) is 9.92. The molecule has 0 radical (unpaired) electrons. The van der Waals surface area contributed by atoms with Crippen LogP contribution in [0.4, 0.5) is 0 Å². The van der Waals surface area contributed by atoms with E-state index in [0.717, 1.165) is 17.1 Å². The molecule has 2 atom stereocenters. The second-order valence-electron chi connectivity index (χ2n) is 3.36. The molecule has 84 valence electrons. The Kier molecular flexibility index (Phi) is 4.78. The smallest absolute Gasteiger partial charge is 0.118 e. The first-order valence-electron chi connectivity index (χ1n) is 4.93. The molecule has 0 bridgehead atoms. The highest BCUT2D eigenvalue weighted by Gasteiger charge is 2.12. The molecule has 0 saturated carbocycles. The maximum Gasteiger partial charge on any atom is 0.118 e. The van der Waals surface area contributed by atoms with Crippen molar-refractivity contribution in [3.05, 3.63) is 24.3 Å². The van der Waals surface area contributed by atoms with Crippen LogP contribution >= 0.6 is 0 Å². The number of methoxy groups -OCH3 is 1. The maximum atomic E-state index is 11.9. The van der Waals surface area contributed by atoms with Crippen molar-refractivity contribution in [1.29, 1.82) is 0 Å². The van der Waals surface area contributed by atoms with Crippen molar-refractivity contribution in [2.24, 2.45) is 5.73 Å². The molecule has 1 rings (SSSR count). The molecule has 3 nitrogen and oxygen atoms in total. The van der Waals surface area contributed by atoms with E-state index in [2.05, 4.69) is 0 Å². The molecule has 1 aromatic rings. The van der Waals surface area contributed by atoms with E-state index in [4.69, 9.17) is 10.5 Å². The number of rotatable bonds is 5. The van der Waals surface area contributed by atoms with Gasteiger partial charge in [-0.15, -0.1) is 0 Å². The first-order valence-corrected chi connectivity index (χ1v) is 6.15. The van der Waals surface area contributed by atoms with Crippen LogP contribution in [0, 0.1) is 0 Å². The van der Waals surface area contributed by atoms with Crippen LogP contribution in [0.5, 0.6) is 5.75 Å². The van der Waals surface area contributed by atoms with Crippen LogP contribution in [0.3, 0.4) is 0 Å². The van der Waals surface area contributed by atoms with Crippen LogP contribution in [-0.4, -0.2) is 23.1 Å². The van der Waals surface area contributed by atoms with Crippen LogP contribution in [0.15, 0.2) is 29.2 Å². The fourth-order valence-corrected chi connectivity index (χ4v) is 2.50. The molecule has 15 heavy (non-hydrogen) atoms. The van der Waals surface area contributed by atoms with Gasteiger partial charge in [0.15, 0.2) is 0 Å². The summed E-state index contributed by atoms with van der Waals surface area (Å²) in [6.45, 7) is 2.52. The Morgan fingerprint density at radius 3 is 2.47 bits per heavy atom. The Morgan fingerprint density at radius 2 is 2.00 bits per heavy atom. The minimum absolute atomic E-state index is 0.100. The van der Waals surface area contributed by atoms with E-state index in [1.54, 1.807) is 7.11 Å². The topological polar surface area (TPSA) is 52.3 Å². The van der Waals surface area contributed by atoms with Gasteiger partial charge in [-0.05, 0) is 37.2 Å². The highest BCUT2D eigenvalue weighted by atomic mass is 32.2. The summed E-state index contributed by atoms with van der Waals surface area (Å²) in [7, 11) is 0.640. The van der Waals surface area contributed by atoms with Crippen LogP contribution in [0.1, 0.15) is 13.3 Å². The third-order valence-electron chi connectivity index (χ3n) is 2.23. The van der Waals surface area contributed by atoms with Gasteiger partial charge in [0.25, 0.3) is 0 Å². The van der Waals surface area contributed by atoms with Gasteiger partial charge in [-0.3, -0.25) is 4.21 Å². The molecule has 0 amide bonds. The number of ether oxygens (including phenoxy) is 1. The van der Waals surface area contributed by atoms with Crippen molar-refractivity contribution >= 4 is 10.8 Å². The summed E-state index contributed by atoms with van der Waals surface area (Å²) in [4.78, 5) is 0.830. The normalized spacial score (nSPS) is 14.6. The molecule has 0 saturated heterocycles. The first kappa shape index (κ1) is 12.2. The minimum Gasteiger partial charge on any atom is -0.497 e. The maximum absolute atomic E-state index is 11.9. The number of benzene rings is 1. The molecule has 4 heteroatoms. The summed E-state index contributed by atoms with van der Waals surface area (Å²) in [6, 6.07) is 7.31. The van der Waals surface area contributed by atoms with E-state index in [1.807, 2.05) is 31.2 Å². The molecule has 0 aliphatic heterocycles. The molecular formula is C11H17NO2S. The monoisotopic (exact) mass is 227 g/mol. The quantitative estimate of drug-likeness (QED) is 0.830. The SMILES string of the molecule is COc1ccc(S(=O)C(C)CCN)cc1. The lowest BCUT2D eigenvalue weighted by Crippen LogP contribution is -2.16. The fraction of sp³-hybridized carbons (Fsp3) is 0.455. The largest absolute Gasteiger partial charge is 0.497 e. The predicted molar refractivity (Wildman–Crippen MR) is 62.5 cm³/mol. The molecule has 2 unspecified atom stereocenters. The zero-order chi connectivity index (χ0) is 11.3. The lowest BCUT2D eigenvalue weighted by atomic mass is 10.3. The van der Waals surface area contributed by atoms with Gasteiger partial charge in [-0.2, -0.15) is 0 Å². The van der Waals surface area contributed by atoms with Gasteiger partial charge in [0.2, 0.25) is 0 Å². The van der Waals surface area contributed by atoms with Gasteiger partial charge < -0.3 is 10.5 Å². The Labute approximate surface area is 93.1 Å². The van der Waals surface area contributed by atoms with Gasteiger partial charge in [0.05, 0.1) is 17.9 Å². The fourth-order valence-electron chi connectivity index (χ4n) is 1.28. The number of nitrogens with two attached hydrogens (primary N) is 1. The lowest BCUT2D eigenvalue weighted by Gasteiger charge is -2.10. The van der Waals surface area contributed by atoms with E-state index < -0.39 is 10.8 Å². The molecule has 0 fully saturated rings. The molecule has 0 heterocycles. The second kappa shape index (κ2) is 5.88. The predicted octanol–water partition coefficient (Wildman–Crippen LogP) is 1.54. The second-order valence-corrected chi connectivity index (χ2v) is 5.23. The Hall–Kier alpha value is -0.870. The van der Waals surface area contributed by atoms with E-state index in [9.17, 15) is 4.21 Å².